The van der Waals surface area contributed by atoms with Gasteiger partial charge in [0.25, 0.3) is 0 Å². The van der Waals surface area contributed by atoms with E-state index in [-0.39, 0.29) is 5.84 Å². The number of hydrogen-bond acceptors (Lipinski definition) is 3. The molecule has 0 fully saturated rings. The number of aromatic nitrogens is 1. The van der Waals surface area contributed by atoms with Gasteiger partial charge in [0.2, 0.25) is 0 Å². The van der Waals surface area contributed by atoms with Crippen LogP contribution in [0, 0.1) is 5.41 Å². The average molecular weight is 246 g/mol. The molecule has 1 aromatic heterocycles. The highest BCUT2D eigenvalue weighted by Crippen LogP contribution is 2.29. The van der Waals surface area contributed by atoms with Crippen molar-refractivity contribution < 1.29 is 13.2 Å². The molecule has 0 aliphatic carbocycles. The minimum atomic E-state index is -4.37. The zero-order valence-corrected chi connectivity index (χ0v) is 9.25. The van der Waals surface area contributed by atoms with Crippen molar-refractivity contribution in [3.63, 3.8) is 0 Å². The van der Waals surface area contributed by atoms with Crippen LogP contribution in [0.25, 0.3) is 0 Å². The van der Waals surface area contributed by atoms with Crippen LogP contribution in [0.4, 0.5) is 19.0 Å². The Balaban J connectivity index is 2.70. The van der Waals surface area contributed by atoms with E-state index in [0.717, 1.165) is 12.3 Å². The van der Waals surface area contributed by atoms with Crippen LogP contribution in [-0.2, 0) is 6.18 Å². The summed E-state index contributed by atoms with van der Waals surface area (Å²) in [6.45, 7) is 0.438. The number of halogens is 3. The molecular weight excluding hydrogens is 233 g/mol. The minimum Gasteiger partial charge on any atom is -0.388 e. The number of alkyl halides is 3. The van der Waals surface area contributed by atoms with Gasteiger partial charge in [0.15, 0.2) is 0 Å². The Hall–Kier alpha value is -1.79. The first kappa shape index (κ1) is 13.3. The Labute approximate surface area is 96.8 Å². The van der Waals surface area contributed by atoms with Crippen LogP contribution in [0.1, 0.15) is 12.0 Å². The van der Waals surface area contributed by atoms with Crippen molar-refractivity contribution in [2.75, 3.05) is 18.5 Å². The summed E-state index contributed by atoms with van der Waals surface area (Å²) in [5, 5.41) is 7.05. The number of nitrogens with one attached hydrogen (secondary N) is 1. The quantitative estimate of drug-likeness (QED) is 0.629. The molecule has 0 amide bonds. The van der Waals surface area contributed by atoms with Gasteiger partial charge in [-0.3, -0.25) is 5.41 Å². The topological polar surface area (TPSA) is 66.0 Å². The molecule has 1 aromatic rings. The molecule has 1 heterocycles. The number of rotatable bonds is 4. The lowest BCUT2D eigenvalue weighted by molar-refractivity contribution is -0.137. The molecule has 0 unspecified atom stereocenters. The van der Waals surface area contributed by atoms with Crippen LogP contribution in [0.5, 0.6) is 0 Å². The fourth-order valence-electron chi connectivity index (χ4n) is 1.18. The molecule has 0 saturated carbocycles. The van der Waals surface area contributed by atoms with E-state index in [9.17, 15) is 13.2 Å². The summed E-state index contributed by atoms with van der Waals surface area (Å²) < 4.78 is 36.8. The molecule has 94 valence electrons. The van der Waals surface area contributed by atoms with E-state index in [4.69, 9.17) is 11.1 Å². The van der Waals surface area contributed by atoms with Crippen LogP contribution in [0.2, 0.25) is 0 Å². The fourth-order valence-corrected chi connectivity index (χ4v) is 1.18. The summed E-state index contributed by atoms with van der Waals surface area (Å²) in [5.74, 6) is 0.447. The second-order valence-corrected chi connectivity index (χ2v) is 3.60. The third kappa shape index (κ3) is 3.93. The second kappa shape index (κ2) is 5.03. The van der Waals surface area contributed by atoms with Gasteiger partial charge in [-0.05, 0) is 12.1 Å². The largest absolute Gasteiger partial charge is 0.417 e. The van der Waals surface area contributed by atoms with Crippen LogP contribution in [-0.4, -0.2) is 24.4 Å². The molecule has 0 saturated heterocycles. The fraction of sp³-hybridized carbons (Fsp3) is 0.400. The van der Waals surface area contributed by atoms with Crippen molar-refractivity contribution in [1.82, 2.24) is 4.98 Å². The van der Waals surface area contributed by atoms with Crippen LogP contribution >= 0.6 is 0 Å². The van der Waals surface area contributed by atoms with Gasteiger partial charge >= 0.3 is 6.18 Å². The van der Waals surface area contributed by atoms with Gasteiger partial charge in [0.05, 0.1) is 11.4 Å². The van der Waals surface area contributed by atoms with E-state index in [1.54, 1.807) is 11.9 Å². The van der Waals surface area contributed by atoms with Gasteiger partial charge in [0, 0.05) is 26.2 Å². The van der Waals surface area contributed by atoms with Gasteiger partial charge < -0.3 is 10.6 Å². The number of hydrogen-bond donors (Lipinski definition) is 2. The van der Waals surface area contributed by atoms with Crippen molar-refractivity contribution in [3.05, 3.63) is 23.9 Å². The molecular formula is C10H13F3N4. The predicted octanol–water partition coefficient (Wildman–Crippen LogP) is 1.86. The summed E-state index contributed by atoms with van der Waals surface area (Å²) in [7, 11) is 1.68. The molecule has 0 bridgehead atoms. The van der Waals surface area contributed by atoms with Gasteiger partial charge in [0.1, 0.15) is 5.82 Å². The molecule has 0 atom stereocenters. The van der Waals surface area contributed by atoms with Crippen molar-refractivity contribution in [1.29, 1.82) is 5.41 Å². The summed E-state index contributed by atoms with van der Waals surface area (Å²) >= 11 is 0. The maximum atomic E-state index is 12.3. The van der Waals surface area contributed by atoms with Gasteiger partial charge in [-0.15, -0.1) is 0 Å². The number of nitrogens with zero attached hydrogens (tertiary/aromatic N) is 2. The SMILES string of the molecule is CN(CCC(=N)N)c1ccc(C(F)(F)F)cn1. The second-order valence-electron chi connectivity index (χ2n) is 3.60. The molecule has 3 N–H and O–H groups in total. The number of amidine groups is 1. The third-order valence-electron chi connectivity index (χ3n) is 2.18. The summed E-state index contributed by atoms with van der Waals surface area (Å²) in [6, 6.07) is 2.27. The van der Waals surface area contributed by atoms with Crippen LogP contribution in [0.15, 0.2) is 18.3 Å². The molecule has 0 aliphatic heterocycles. The van der Waals surface area contributed by atoms with Crippen LogP contribution < -0.4 is 10.6 Å². The first-order valence-corrected chi connectivity index (χ1v) is 4.88. The lowest BCUT2D eigenvalue weighted by Crippen LogP contribution is -2.24. The zero-order chi connectivity index (χ0) is 13.1. The highest BCUT2D eigenvalue weighted by Gasteiger charge is 2.30. The van der Waals surface area contributed by atoms with E-state index >= 15 is 0 Å². The van der Waals surface area contributed by atoms with Gasteiger partial charge in [-0.1, -0.05) is 0 Å². The molecule has 7 heteroatoms. The number of anilines is 1. The Kier molecular flexibility index (Phi) is 3.93. The highest BCUT2D eigenvalue weighted by molar-refractivity contribution is 5.77. The summed E-state index contributed by atoms with van der Waals surface area (Å²) in [4.78, 5) is 5.36. The van der Waals surface area contributed by atoms with Crippen molar-refractivity contribution >= 4 is 11.7 Å². The monoisotopic (exact) mass is 246 g/mol. The normalized spacial score (nSPS) is 11.3. The summed E-state index contributed by atoms with van der Waals surface area (Å²) in [6.07, 6.45) is -3.23. The Morgan fingerprint density at radius 1 is 1.47 bits per heavy atom. The Bertz CT molecular complexity index is 386. The number of nitrogens with two attached hydrogens (primary N) is 1. The lowest BCUT2D eigenvalue weighted by Gasteiger charge is -2.18. The van der Waals surface area contributed by atoms with E-state index in [2.05, 4.69) is 4.98 Å². The zero-order valence-electron chi connectivity index (χ0n) is 9.25. The van der Waals surface area contributed by atoms with Crippen molar-refractivity contribution in [2.24, 2.45) is 5.73 Å². The van der Waals surface area contributed by atoms with Crippen molar-refractivity contribution in [3.8, 4) is 0 Å². The third-order valence-corrected chi connectivity index (χ3v) is 2.18. The molecule has 4 nitrogen and oxygen atoms in total. The number of pyridine rings is 1. The standard InChI is InChI=1S/C10H13F3N4/c1-17(5-4-8(14)15)9-3-2-7(6-16-9)10(11,12)13/h2-3,6H,4-5H2,1H3,(H3,14,15). The lowest BCUT2D eigenvalue weighted by atomic mass is 10.2. The average Bonchev–Trinajstić information content (AvgIpc) is 2.25. The maximum Gasteiger partial charge on any atom is 0.417 e. The predicted molar refractivity (Wildman–Crippen MR) is 59.0 cm³/mol. The van der Waals surface area contributed by atoms with Gasteiger partial charge in [-0.2, -0.15) is 13.2 Å². The van der Waals surface area contributed by atoms with Gasteiger partial charge in [-0.25, -0.2) is 4.98 Å². The van der Waals surface area contributed by atoms with Crippen molar-refractivity contribution in [2.45, 2.75) is 12.6 Å². The van der Waals surface area contributed by atoms with Crippen LogP contribution in [0.3, 0.4) is 0 Å². The van der Waals surface area contributed by atoms with E-state index in [1.165, 1.54) is 6.07 Å². The first-order valence-electron chi connectivity index (χ1n) is 4.88. The first-order chi connectivity index (χ1) is 7.80. The Morgan fingerprint density at radius 3 is 2.53 bits per heavy atom. The molecule has 0 radical (unpaired) electrons. The molecule has 17 heavy (non-hydrogen) atoms. The van der Waals surface area contributed by atoms with E-state index < -0.39 is 11.7 Å². The Morgan fingerprint density at radius 2 is 2.12 bits per heavy atom. The van der Waals surface area contributed by atoms with E-state index in [0.29, 0.717) is 18.8 Å². The highest BCUT2D eigenvalue weighted by atomic mass is 19.4. The minimum absolute atomic E-state index is 0.0313. The molecule has 1 rings (SSSR count). The molecule has 0 aromatic carbocycles. The van der Waals surface area contributed by atoms with E-state index in [1.807, 2.05) is 0 Å². The molecule has 0 spiro atoms. The molecule has 0 aliphatic rings. The maximum absolute atomic E-state index is 12.3. The smallest absolute Gasteiger partial charge is 0.388 e. The summed E-state index contributed by atoms with van der Waals surface area (Å²) in [5.41, 5.74) is 4.41.